The molecule has 2 aliphatic heterocycles. The first-order valence-corrected chi connectivity index (χ1v) is 5.65. The van der Waals surface area contributed by atoms with E-state index in [-0.39, 0.29) is 31.1 Å². The molecule has 0 aromatic carbocycles. The molecule has 2 aliphatic rings. The SMILES string of the molecule is O=C1CNC(=O)N1CCN1CCC[C@H]1CO. The van der Waals surface area contributed by atoms with Crippen LogP contribution in [0.5, 0.6) is 0 Å². The number of aliphatic hydroxyl groups excluding tert-OH is 1. The lowest BCUT2D eigenvalue weighted by molar-refractivity contribution is -0.125. The Morgan fingerprint density at radius 2 is 2.19 bits per heavy atom. The maximum absolute atomic E-state index is 11.3. The minimum absolute atomic E-state index is 0.113. The summed E-state index contributed by atoms with van der Waals surface area (Å²) < 4.78 is 0. The second-order valence-corrected chi connectivity index (χ2v) is 4.22. The fraction of sp³-hybridized carbons (Fsp3) is 0.800. The van der Waals surface area contributed by atoms with E-state index in [4.69, 9.17) is 5.11 Å². The van der Waals surface area contributed by atoms with Gasteiger partial charge in [0.15, 0.2) is 0 Å². The zero-order valence-electron chi connectivity index (χ0n) is 9.19. The molecular formula is C10H17N3O3. The number of urea groups is 1. The van der Waals surface area contributed by atoms with Crippen LogP contribution in [0.1, 0.15) is 12.8 Å². The fourth-order valence-corrected chi connectivity index (χ4v) is 2.31. The van der Waals surface area contributed by atoms with Crippen molar-refractivity contribution in [2.75, 3.05) is 32.8 Å². The van der Waals surface area contributed by atoms with Crippen LogP contribution in [0.2, 0.25) is 0 Å². The number of likely N-dealkylation sites (tertiary alicyclic amines) is 1. The summed E-state index contributed by atoms with van der Waals surface area (Å²) in [6.07, 6.45) is 2.07. The van der Waals surface area contributed by atoms with Crippen molar-refractivity contribution in [3.05, 3.63) is 0 Å². The van der Waals surface area contributed by atoms with E-state index >= 15 is 0 Å². The number of hydrogen-bond acceptors (Lipinski definition) is 4. The molecule has 6 heteroatoms. The zero-order chi connectivity index (χ0) is 11.5. The number of amides is 3. The Morgan fingerprint density at radius 3 is 2.81 bits per heavy atom. The normalized spacial score (nSPS) is 26.6. The van der Waals surface area contributed by atoms with Gasteiger partial charge in [-0.1, -0.05) is 0 Å². The fourth-order valence-electron chi connectivity index (χ4n) is 2.31. The van der Waals surface area contributed by atoms with E-state index in [0.29, 0.717) is 13.1 Å². The van der Waals surface area contributed by atoms with Crippen molar-refractivity contribution in [2.45, 2.75) is 18.9 Å². The molecule has 0 saturated carbocycles. The first-order chi connectivity index (χ1) is 7.72. The maximum atomic E-state index is 11.3. The molecule has 90 valence electrons. The Balaban J connectivity index is 1.82. The van der Waals surface area contributed by atoms with Crippen molar-refractivity contribution in [3.8, 4) is 0 Å². The topological polar surface area (TPSA) is 72.9 Å². The predicted octanol–water partition coefficient (Wildman–Crippen LogP) is -1.01. The van der Waals surface area contributed by atoms with Gasteiger partial charge < -0.3 is 10.4 Å². The highest BCUT2D eigenvalue weighted by atomic mass is 16.3. The van der Waals surface area contributed by atoms with Crippen molar-refractivity contribution in [1.82, 2.24) is 15.1 Å². The number of aliphatic hydroxyl groups is 1. The number of carbonyl (C=O) groups is 2. The third kappa shape index (κ3) is 2.17. The van der Waals surface area contributed by atoms with Crippen LogP contribution in [-0.2, 0) is 4.79 Å². The monoisotopic (exact) mass is 227 g/mol. The number of imide groups is 1. The van der Waals surface area contributed by atoms with Gasteiger partial charge in [0.05, 0.1) is 13.2 Å². The second-order valence-electron chi connectivity index (χ2n) is 4.22. The predicted molar refractivity (Wildman–Crippen MR) is 56.8 cm³/mol. The van der Waals surface area contributed by atoms with E-state index in [9.17, 15) is 9.59 Å². The van der Waals surface area contributed by atoms with Crippen LogP contribution in [0, 0.1) is 0 Å². The van der Waals surface area contributed by atoms with Crippen LogP contribution in [0.25, 0.3) is 0 Å². The summed E-state index contributed by atoms with van der Waals surface area (Å²) >= 11 is 0. The molecule has 0 aliphatic carbocycles. The van der Waals surface area contributed by atoms with Gasteiger partial charge in [0, 0.05) is 19.1 Å². The summed E-state index contributed by atoms with van der Waals surface area (Å²) in [7, 11) is 0. The largest absolute Gasteiger partial charge is 0.395 e. The van der Waals surface area contributed by atoms with Crippen LogP contribution in [0.15, 0.2) is 0 Å². The lowest BCUT2D eigenvalue weighted by Crippen LogP contribution is -2.41. The molecule has 16 heavy (non-hydrogen) atoms. The average Bonchev–Trinajstić information content (AvgIpc) is 2.84. The van der Waals surface area contributed by atoms with Gasteiger partial charge in [-0.2, -0.15) is 0 Å². The molecule has 2 rings (SSSR count). The van der Waals surface area contributed by atoms with Crippen molar-refractivity contribution in [1.29, 1.82) is 0 Å². The Labute approximate surface area is 94.2 Å². The lowest BCUT2D eigenvalue weighted by Gasteiger charge is -2.24. The summed E-state index contributed by atoms with van der Waals surface area (Å²) in [6, 6.07) is -0.106. The number of rotatable bonds is 4. The first-order valence-electron chi connectivity index (χ1n) is 5.65. The smallest absolute Gasteiger partial charge is 0.324 e. The van der Waals surface area contributed by atoms with E-state index in [2.05, 4.69) is 10.2 Å². The first kappa shape index (κ1) is 11.3. The molecule has 2 N–H and O–H groups in total. The molecule has 0 aromatic heterocycles. The molecule has 3 amide bonds. The molecule has 2 saturated heterocycles. The number of nitrogens with zero attached hydrogens (tertiary/aromatic N) is 2. The molecule has 1 atom stereocenters. The third-order valence-corrected chi connectivity index (χ3v) is 3.26. The Hall–Kier alpha value is -1.14. The molecule has 0 radical (unpaired) electrons. The standard InChI is InChI=1S/C10H17N3O3/c14-7-8-2-1-3-12(8)4-5-13-9(15)6-11-10(13)16/h8,14H,1-7H2,(H,11,16)/t8-/m0/s1. The van der Waals surface area contributed by atoms with Crippen LogP contribution < -0.4 is 5.32 Å². The van der Waals surface area contributed by atoms with Crippen molar-refractivity contribution in [3.63, 3.8) is 0 Å². The Morgan fingerprint density at radius 1 is 1.38 bits per heavy atom. The summed E-state index contributed by atoms with van der Waals surface area (Å²) in [6.45, 7) is 2.28. The molecule has 2 fully saturated rings. The van der Waals surface area contributed by atoms with E-state index in [1.807, 2.05) is 0 Å². The van der Waals surface area contributed by atoms with Gasteiger partial charge in [-0.25, -0.2) is 4.79 Å². The van der Waals surface area contributed by atoms with Crippen LogP contribution in [0.4, 0.5) is 4.79 Å². The Kier molecular flexibility index (Phi) is 3.40. The summed E-state index contributed by atoms with van der Waals surface area (Å²) in [4.78, 5) is 26.0. The zero-order valence-corrected chi connectivity index (χ0v) is 9.19. The molecule has 0 spiro atoms. The number of carbonyl (C=O) groups excluding carboxylic acids is 2. The minimum atomic E-state index is -0.301. The highest BCUT2D eigenvalue weighted by Crippen LogP contribution is 2.16. The molecule has 0 unspecified atom stereocenters. The van der Waals surface area contributed by atoms with E-state index < -0.39 is 0 Å². The van der Waals surface area contributed by atoms with Crippen molar-refractivity contribution < 1.29 is 14.7 Å². The minimum Gasteiger partial charge on any atom is -0.395 e. The summed E-state index contributed by atoms with van der Waals surface area (Å²) in [5, 5.41) is 11.6. The molecular weight excluding hydrogens is 210 g/mol. The quantitative estimate of drug-likeness (QED) is 0.604. The Bertz CT molecular complexity index is 279. The van der Waals surface area contributed by atoms with Crippen LogP contribution in [-0.4, -0.2) is 65.7 Å². The van der Waals surface area contributed by atoms with Gasteiger partial charge in [-0.3, -0.25) is 14.6 Å². The van der Waals surface area contributed by atoms with Gasteiger partial charge >= 0.3 is 6.03 Å². The second kappa shape index (κ2) is 4.80. The highest BCUT2D eigenvalue weighted by molar-refractivity contribution is 6.01. The average molecular weight is 227 g/mol. The molecule has 0 aromatic rings. The van der Waals surface area contributed by atoms with E-state index in [1.54, 1.807) is 0 Å². The van der Waals surface area contributed by atoms with Gasteiger partial charge in [0.25, 0.3) is 0 Å². The van der Waals surface area contributed by atoms with Gasteiger partial charge in [-0.15, -0.1) is 0 Å². The highest BCUT2D eigenvalue weighted by Gasteiger charge is 2.30. The van der Waals surface area contributed by atoms with E-state index in [0.717, 1.165) is 19.4 Å². The van der Waals surface area contributed by atoms with Gasteiger partial charge in [0.2, 0.25) is 5.91 Å². The number of hydrogen-bond donors (Lipinski definition) is 2. The van der Waals surface area contributed by atoms with Crippen LogP contribution in [0.3, 0.4) is 0 Å². The van der Waals surface area contributed by atoms with Gasteiger partial charge in [-0.05, 0) is 19.4 Å². The third-order valence-electron chi connectivity index (χ3n) is 3.26. The van der Waals surface area contributed by atoms with Crippen molar-refractivity contribution >= 4 is 11.9 Å². The summed E-state index contributed by atoms with van der Waals surface area (Å²) in [5.74, 6) is -0.162. The maximum Gasteiger partial charge on any atom is 0.324 e. The summed E-state index contributed by atoms with van der Waals surface area (Å²) in [5.41, 5.74) is 0. The lowest BCUT2D eigenvalue weighted by atomic mass is 10.2. The van der Waals surface area contributed by atoms with E-state index in [1.165, 1.54) is 4.90 Å². The molecule has 0 bridgehead atoms. The molecule has 2 heterocycles. The number of nitrogens with one attached hydrogen (secondary N) is 1. The van der Waals surface area contributed by atoms with Gasteiger partial charge in [0.1, 0.15) is 0 Å². The van der Waals surface area contributed by atoms with Crippen LogP contribution >= 0.6 is 0 Å². The molecule has 6 nitrogen and oxygen atoms in total. The van der Waals surface area contributed by atoms with Crippen molar-refractivity contribution in [2.24, 2.45) is 0 Å².